The van der Waals surface area contributed by atoms with Crippen LogP contribution in [0.1, 0.15) is 17.3 Å². The third kappa shape index (κ3) is 3.64. The fourth-order valence-electron chi connectivity index (χ4n) is 1.55. The Morgan fingerprint density at radius 3 is 1.95 bits per heavy atom. The Balaban J connectivity index is 2.04. The first kappa shape index (κ1) is 12.8. The number of carbonyl (C=O) groups excluding carboxylic acids is 2. The van der Waals surface area contributed by atoms with Gasteiger partial charge in [-0.1, -0.05) is 0 Å². The average Bonchev–Trinajstić information content (AvgIpc) is 2.41. The van der Waals surface area contributed by atoms with E-state index >= 15 is 0 Å². The van der Waals surface area contributed by atoms with Crippen molar-refractivity contribution in [2.75, 3.05) is 10.6 Å². The van der Waals surface area contributed by atoms with Crippen molar-refractivity contribution < 1.29 is 9.59 Å². The molecule has 0 saturated heterocycles. The summed E-state index contributed by atoms with van der Waals surface area (Å²) in [7, 11) is 0. The van der Waals surface area contributed by atoms with Gasteiger partial charge < -0.3 is 10.6 Å². The number of anilines is 2. The van der Waals surface area contributed by atoms with Crippen LogP contribution in [0.2, 0.25) is 0 Å². The van der Waals surface area contributed by atoms with Crippen molar-refractivity contribution in [1.82, 2.24) is 4.98 Å². The number of hydrogen-bond acceptors (Lipinski definition) is 3. The topological polar surface area (TPSA) is 71.1 Å². The highest BCUT2D eigenvalue weighted by molar-refractivity contribution is 6.04. The van der Waals surface area contributed by atoms with Gasteiger partial charge in [-0.15, -0.1) is 0 Å². The lowest BCUT2D eigenvalue weighted by atomic mass is 10.2. The van der Waals surface area contributed by atoms with Gasteiger partial charge in [0, 0.05) is 36.3 Å². The molecule has 0 saturated carbocycles. The van der Waals surface area contributed by atoms with E-state index in [0.29, 0.717) is 16.9 Å². The molecule has 96 valence electrons. The van der Waals surface area contributed by atoms with Gasteiger partial charge in [0.05, 0.1) is 0 Å². The summed E-state index contributed by atoms with van der Waals surface area (Å²) in [6.07, 6.45) is 3.13. The molecule has 5 nitrogen and oxygen atoms in total. The lowest BCUT2D eigenvalue weighted by molar-refractivity contribution is -0.114. The van der Waals surface area contributed by atoms with Gasteiger partial charge in [0.2, 0.25) is 5.91 Å². The Hall–Kier alpha value is -2.69. The van der Waals surface area contributed by atoms with Gasteiger partial charge >= 0.3 is 0 Å². The highest BCUT2D eigenvalue weighted by Gasteiger charge is 2.05. The Bertz CT molecular complexity index is 579. The third-order valence-electron chi connectivity index (χ3n) is 2.41. The normalized spacial score (nSPS) is 9.74. The van der Waals surface area contributed by atoms with Gasteiger partial charge in [-0.25, -0.2) is 0 Å². The summed E-state index contributed by atoms with van der Waals surface area (Å²) in [4.78, 5) is 26.6. The van der Waals surface area contributed by atoms with Gasteiger partial charge in [0.25, 0.3) is 5.91 Å². The van der Waals surface area contributed by atoms with Crippen molar-refractivity contribution in [3.63, 3.8) is 0 Å². The van der Waals surface area contributed by atoms with E-state index in [2.05, 4.69) is 15.6 Å². The fraction of sp³-hybridized carbons (Fsp3) is 0.0714. The van der Waals surface area contributed by atoms with Crippen molar-refractivity contribution in [2.24, 2.45) is 0 Å². The molecule has 0 spiro atoms. The van der Waals surface area contributed by atoms with Crippen molar-refractivity contribution in [1.29, 1.82) is 0 Å². The Morgan fingerprint density at radius 2 is 1.42 bits per heavy atom. The molecule has 0 unspecified atom stereocenters. The zero-order valence-corrected chi connectivity index (χ0v) is 10.4. The minimum absolute atomic E-state index is 0.131. The van der Waals surface area contributed by atoms with Crippen LogP contribution in [0.3, 0.4) is 0 Å². The van der Waals surface area contributed by atoms with Crippen LogP contribution < -0.4 is 10.6 Å². The van der Waals surface area contributed by atoms with E-state index in [0.717, 1.165) is 0 Å². The highest BCUT2D eigenvalue weighted by atomic mass is 16.2. The van der Waals surface area contributed by atoms with E-state index in [-0.39, 0.29) is 11.8 Å². The molecule has 0 bridgehead atoms. The molecule has 0 atom stereocenters. The molecule has 1 heterocycles. The van der Waals surface area contributed by atoms with Crippen LogP contribution in [0.25, 0.3) is 0 Å². The lowest BCUT2D eigenvalue weighted by Gasteiger charge is -2.06. The second-order valence-electron chi connectivity index (χ2n) is 3.95. The maximum Gasteiger partial charge on any atom is 0.255 e. The molecule has 1 aromatic heterocycles. The molecule has 2 aromatic rings. The zero-order chi connectivity index (χ0) is 13.7. The number of benzene rings is 1. The van der Waals surface area contributed by atoms with Gasteiger partial charge in [-0.3, -0.25) is 14.6 Å². The first-order valence-corrected chi connectivity index (χ1v) is 5.74. The lowest BCUT2D eigenvalue weighted by Crippen LogP contribution is -2.12. The van der Waals surface area contributed by atoms with E-state index in [1.54, 1.807) is 48.8 Å². The molecule has 2 rings (SSSR count). The maximum atomic E-state index is 11.9. The molecular weight excluding hydrogens is 242 g/mol. The SMILES string of the molecule is CC(=O)Nc1ccc(NC(=O)c2ccncc2)cc1. The summed E-state index contributed by atoms with van der Waals surface area (Å²) in [6, 6.07) is 10.2. The van der Waals surface area contributed by atoms with Gasteiger partial charge in [-0.2, -0.15) is 0 Å². The van der Waals surface area contributed by atoms with E-state index in [4.69, 9.17) is 0 Å². The number of carbonyl (C=O) groups is 2. The summed E-state index contributed by atoms with van der Waals surface area (Å²) in [5.41, 5.74) is 1.89. The standard InChI is InChI=1S/C14H13N3O2/c1-10(18)16-12-2-4-13(5-3-12)17-14(19)11-6-8-15-9-7-11/h2-9H,1H3,(H,16,18)(H,17,19). The van der Waals surface area contributed by atoms with Crippen molar-refractivity contribution in [3.8, 4) is 0 Å². The second kappa shape index (κ2) is 5.77. The van der Waals surface area contributed by atoms with E-state index in [1.165, 1.54) is 6.92 Å². The largest absolute Gasteiger partial charge is 0.326 e. The van der Waals surface area contributed by atoms with E-state index < -0.39 is 0 Å². The Labute approximate surface area is 110 Å². The van der Waals surface area contributed by atoms with Crippen LogP contribution in [0.4, 0.5) is 11.4 Å². The van der Waals surface area contributed by atoms with Gasteiger partial charge in [0.15, 0.2) is 0 Å². The smallest absolute Gasteiger partial charge is 0.255 e. The first-order chi connectivity index (χ1) is 9.15. The number of amides is 2. The predicted molar refractivity (Wildman–Crippen MR) is 72.9 cm³/mol. The second-order valence-corrected chi connectivity index (χ2v) is 3.95. The summed E-state index contributed by atoms with van der Waals surface area (Å²) in [5, 5.41) is 5.42. The maximum absolute atomic E-state index is 11.9. The molecule has 1 aromatic carbocycles. The summed E-state index contributed by atoms with van der Waals surface area (Å²) < 4.78 is 0. The highest BCUT2D eigenvalue weighted by Crippen LogP contribution is 2.14. The molecule has 0 aliphatic rings. The summed E-state index contributed by atoms with van der Waals surface area (Å²) in [5.74, 6) is -0.330. The summed E-state index contributed by atoms with van der Waals surface area (Å²) >= 11 is 0. The fourth-order valence-corrected chi connectivity index (χ4v) is 1.55. The first-order valence-electron chi connectivity index (χ1n) is 5.74. The predicted octanol–water partition coefficient (Wildman–Crippen LogP) is 2.29. The molecule has 2 N–H and O–H groups in total. The monoisotopic (exact) mass is 255 g/mol. The Morgan fingerprint density at radius 1 is 0.895 bits per heavy atom. The van der Waals surface area contributed by atoms with E-state index in [1.807, 2.05) is 0 Å². The summed E-state index contributed by atoms with van der Waals surface area (Å²) in [6.45, 7) is 1.44. The molecule has 0 radical (unpaired) electrons. The number of rotatable bonds is 3. The molecular formula is C14H13N3O2. The van der Waals surface area contributed by atoms with Gasteiger partial charge in [0.1, 0.15) is 0 Å². The molecule has 19 heavy (non-hydrogen) atoms. The van der Waals surface area contributed by atoms with E-state index in [9.17, 15) is 9.59 Å². The number of hydrogen-bond donors (Lipinski definition) is 2. The minimum Gasteiger partial charge on any atom is -0.326 e. The quantitative estimate of drug-likeness (QED) is 0.884. The zero-order valence-electron chi connectivity index (χ0n) is 10.4. The number of nitrogens with zero attached hydrogens (tertiary/aromatic N) is 1. The van der Waals surface area contributed by atoms with Crippen LogP contribution in [0.5, 0.6) is 0 Å². The van der Waals surface area contributed by atoms with Crippen LogP contribution in [-0.4, -0.2) is 16.8 Å². The number of pyridine rings is 1. The molecule has 0 fully saturated rings. The minimum atomic E-state index is -0.199. The average molecular weight is 255 g/mol. The van der Waals surface area contributed by atoms with Crippen LogP contribution in [0.15, 0.2) is 48.8 Å². The molecule has 5 heteroatoms. The van der Waals surface area contributed by atoms with Crippen LogP contribution in [0, 0.1) is 0 Å². The number of nitrogens with one attached hydrogen (secondary N) is 2. The Kier molecular flexibility index (Phi) is 3.87. The molecule has 2 amide bonds. The van der Waals surface area contributed by atoms with Crippen molar-refractivity contribution in [2.45, 2.75) is 6.92 Å². The molecule has 0 aliphatic heterocycles. The van der Waals surface area contributed by atoms with Crippen molar-refractivity contribution in [3.05, 3.63) is 54.4 Å². The number of aromatic nitrogens is 1. The van der Waals surface area contributed by atoms with Gasteiger partial charge in [-0.05, 0) is 36.4 Å². The molecule has 0 aliphatic carbocycles. The van der Waals surface area contributed by atoms with Crippen LogP contribution >= 0.6 is 0 Å². The van der Waals surface area contributed by atoms with Crippen LogP contribution in [-0.2, 0) is 4.79 Å². The third-order valence-corrected chi connectivity index (χ3v) is 2.41. The van der Waals surface area contributed by atoms with Crippen molar-refractivity contribution >= 4 is 23.2 Å².